The summed E-state index contributed by atoms with van der Waals surface area (Å²) in [6, 6.07) is 2.45. The van der Waals surface area contributed by atoms with Crippen LogP contribution in [0.5, 0.6) is 0 Å². The monoisotopic (exact) mass is 344 g/mol. The second-order valence-corrected chi connectivity index (χ2v) is 7.01. The third-order valence-electron chi connectivity index (χ3n) is 4.49. The zero-order valence-electron chi connectivity index (χ0n) is 14.3. The van der Waals surface area contributed by atoms with Crippen LogP contribution in [-0.4, -0.2) is 50.2 Å². The molecule has 0 bridgehead atoms. The lowest BCUT2D eigenvalue weighted by Crippen LogP contribution is -2.44. The zero-order chi connectivity index (χ0) is 16.8. The molecule has 0 amide bonds. The van der Waals surface area contributed by atoms with Gasteiger partial charge in [0.05, 0.1) is 41.0 Å². The van der Waals surface area contributed by atoms with Crippen molar-refractivity contribution in [1.29, 1.82) is 0 Å². The SMILES string of the molecule is Cc1nnn(C)c1-c1cc(N2CCOCC2C)nc2c(C)nsc12. The number of aromatic nitrogens is 5. The molecule has 1 unspecified atom stereocenters. The van der Waals surface area contributed by atoms with Crippen molar-refractivity contribution in [3.63, 3.8) is 0 Å². The van der Waals surface area contributed by atoms with E-state index in [-0.39, 0.29) is 0 Å². The van der Waals surface area contributed by atoms with Crippen molar-refractivity contribution in [3.05, 3.63) is 17.5 Å². The van der Waals surface area contributed by atoms with Gasteiger partial charge in [-0.2, -0.15) is 4.37 Å². The number of rotatable bonds is 2. The number of morpholine rings is 1. The third-order valence-corrected chi connectivity index (χ3v) is 5.45. The predicted molar refractivity (Wildman–Crippen MR) is 94.5 cm³/mol. The molecule has 0 aliphatic carbocycles. The highest BCUT2D eigenvalue weighted by atomic mass is 32.1. The van der Waals surface area contributed by atoms with Crippen molar-refractivity contribution in [2.24, 2.45) is 7.05 Å². The predicted octanol–water partition coefficient (Wildman–Crippen LogP) is 2.33. The van der Waals surface area contributed by atoms with Crippen LogP contribution < -0.4 is 4.90 Å². The molecule has 0 saturated carbocycles. The minimum absolute atomic E-state index is 0.300. The van der Waals surface area contributed by atoms with Gasteiger partial charge in [0.25, 0.3) is 0 Å². The van der Waals surface area contributed by atoms with Crippen LogP contribution >= 0.6 is 11.5 Å². The fourth-order valence-electron chi connectivity index (χ4n) is 3.23. The lowest BCUT2D eigenvalue weighted by atomic mass is 10.1. The van der Waals surface area contributed by atoms with E-state index in [1.165, 1.54) is 11.5 Å². The first-order valence-corrected chi connectivity index (χ1v) is 8.81. The summed E-state index contributed by atoms with van der Waals surface area (Å²) in [6.07, 6.45) is 0. The van der Waals surface area contributed by atoms with Crippen molar-refractivity contribution >= 4 is 27.6 Å². The van der Waals surface area contributed by atoms with Crippen LogP contribution in [0.4, 0.5) is 5.82 Å². The van der Waals surface area contributed by atoms with E-state index in [4.69, 9.17) is 9.72 Å². The first-order chi connectivity index (χ1) is 11.6. The molecule has 24 heavy (non-hydrogen) atoms. The first-order valence-electron chi connectivity index (χ1n) is 8.04. The van der Waals surface area contributed by atoms with Crippen molar-refractivity contribution in [2.75, 3.05) is 24.7 Å². The van der Waals surface area contributed by atoms with Crippen molar-refractivity contribution < 1.29 is 4.74 Å². The van der Waals surface area contributed by atoms with E-state index in [0.29, 0.717) is 6.04 Å². The molecule has 126 valence electrons. The zero-order valence-corrected chi connectivity index (χ0v) is 15.1. The summed E-state index contributed by atoms with van der Waals surface area (Å²) in [5, 5.41) is 8.37. The van der Waals surface area contributed by atoms with Gasteiger partial charge in [-0.1, -0.05) is 5.21 Å². The number of fused-ring (bicyclic) bond motifs is 1. The Morgan fingerprint density at radius 3 is 2.83 bits per heavy atom. The molecule has 4 heterocycles. The maximum Gasteiger partial charge on any atom is 0.130 e. The Morgan fingerprint density at radius 1 is 1.29 bits per heavy atom. The molecule has 0 N–H and O–H groups in total. The summed E-state index contributed by atoms with van der Waals surface area (Å²) in [6.45, 7) is 8.46. The number of hydrogen-bond acceptors (Lipinski definition) is 7. The van der Waals surface area contributed by atoms with Gasteiger partial charge in [0.1, 0.15) is 11.3 Å². The van der Waals surface area contributed by atoms with E-state index in [0.717, 1.165) is 58.4 Å². The molecule has 1 saturated heterocycles. The van der Waals surface area contributed by atoms with Gasteiger partial charge in [0.15, 0.2) is 0 Å². The Morgan fingerprint density at radius 2 is 2.12 bits per heavy atom. The van der Waals surface area contributed by atoms with Crippen LogP contribution in [0.25, 0.3) is 21.5 Å². The van der Waals surface area contributed by atoms with Crippen LogP contribution in [0.15, 0.2) is 6.07 Å². The fraction of sp³-hybridized carbons (Fsp3) is 0.500. The molecule has 0 spiro atoms. The molecule has 0 radical (unpaired) electrons. The molecule has 7 nitrogen and oxygen atoms in total. The molecule has 4 rings (SSSR count). The van der Waals surface area contributed by atoms with Gasteiger partial charge in [-0.3, -0.25) is 0 Å². The Kier molecular flexibility index (Phi) is 3.73. The molecule has 0 aromatic carbocycles. The van der Waals surface area contributed by atoms with Gasteiger partial charge in [-0.25, -0.2) is 9.67 Å². The molecule has 1 atom stereocenters. The van der Waals surface area contributed by atoms with Crippen LogP contribution in [-0.2, 0) is 11.8 Å². The number of hydrogen-bond donors (Lipinski definition) is 0. The normalized spacial score (nSPS) is 18.5. The lowest BCUT2D eigenvalue weighted by Gasteiger charge is -2.34. The number of anilines is 1. The highest BCUT2D eigenvalue weighted by Gasteiger charge is 2.24. The second-order valence-electron chi connectivity index (χ2n) is 6.24. The van der Waals surface area contributed by atoms with Crippen molar-refractivity contribution in [3.8, 4) is 11.3 Å². The van der Waals surface area contributed by atoms with Gasteiger partial charge in [-0.05, 0) is 38.4 Å². The number of aryl methyl sites for hydroxylation is 3. The molecule has 1 fully saturated rings. The molecular weight excluding hydrogens is 324 g/mol. The number of pyridine rings is 1. The van der Waals surface area contributed by atoms with Gasteiger partial charge < -0.3 is 9.64 Å². The van der Waals surface area contributed by atoms with Crippen LogP contribution in [0.3, 0.4) is 0 Å². The largest absolute Gasteiger partial charge is 0.377 e. The average molecular weight is 344 g/mol. The lowest BCUT2D eigenvalue weighted by molar-refractivity contribution is 0.0986. The topological polar surface area (TPSA) is 69.0 Å². The van der Waals surface area contributed by atoms with E-state index < -0.39 is 0 Å². The van der Waals surface area contributed by atoms with E-state index in [2.05, 4.69) is 32.6 Å². The maximum absolute atomic E-state index is 5.57. The van der Waals surface area contributed by atoms with Gasteiger partial charge in [0.2, 0.25) is 0 Å². The smallest absolute Gasteiger partial charge is 0.130 e. The number of nitrogens with zero attached hydrogens (tertiary/aromatic N) is 6. The van der Waals surface area contributed by atoms with Crippen LogP contribution in [0.2, 0.25) is 0 Å². The van der Waals surface area contributed by atoms with E-state index in [9.17, 15) is 0 Å². The summed E-state index contributed by atoms with van der Waals surface area (Å²) in [5.74, 6) is 0.970. The molecule has 1 aliphatic rings. The van der Waals surface area contributed by atoms with Crippen LogP contribution in [0.1, 0.15) is 18.3 Å². The Bertz CT molecular complexity index is 882. The average Bonchev–Trinajstić information content (AvgIpc) is 3.10. The molecule has 1 aliphatic heterocycles. The third kappa shape index (κ3) is 2.37. The second kappa shape index (κ2) is 5.78. The Hall–Kier alpha value is -2.06. The highest BCUT2D eigenvalue weighted by Crippen LogP contribution is 2.36. The molecular formula is C16H20N6OS. The minimum Gasteiger partial charge on any atom is -0.377 e. The summed E-state index contributed by atoms with van der Waals surface area (Å²) in [5.41, 5.74) is 4.97. The standard InChI is InChI=1S/C16H20N6OS/c1-9-8-23-6-5-22(9)13-7-12(15-11(3)18-20-21(15)4)16-14(17-13)10(2)19-24-16/h7,9H,5-6,8H2,1-4H3. The minimum atomic E-state index is 0.300. The summed E-state index contributed by atoms with van der Waals surface area (Å²) < 4.78 is 13.0. The molecule has 3 aromatic rings. The highest BCUT2D eigenvalue weighted by molar-refractivity contribution is 7.14. The van der Waals surface area contributed by atoms with Crippen LogP contribution in [0, 0.1) is 13.8 Å². The van der Waals surface area contributed by atoms with Crippen molar-refractivity contribution in [2.45, 2.75) is 26.8 Å². The van der Waals surface area contributed by atoms with E-state index >= 15 is 0 Å². The summed E-state index contributed by atoms with van der Waals surface area (Å²) >= 11 is 1.49. The first kappa shape index (κ1) is 15.5. The summed E-state index contributed by atoms with van der Waals surface area (Å²) in [4.78, 5) is 7.22. The quantitative estimate of drug-likeness (QED) is 0.711. The van der Waals surface area contributed by atoms with Gasteiger partial charge in [0, 0.05) is 19.2 Å². The van der Waals surface area contributed by atoms with E-state index in [1.807, 2.05) is 25.6 Å². The summed E-state index contributed by atoms with van der Waals surface area (Å²) in [7, 11) is 1.92. The molecule has 3 aromatic heterocycles. The van der Waals surface area contributed by atoms with E-state index in [1.54, 1.807) is 0 Å². The van der Waals surface area contributed by atoms with Crippen molar-refractivity contribution in [1.82, 2.24) is 24.4 Å². The Labute approximate surface area is 144 Å². The number of ether oxygens (including phenoxy) is 1. The Balaban J connectivity index is 1.95. The fourth-order valence-corrected chi connectivity index (χ4v) is 4.08. The van der Waals surface area contributed by atoms with Gasteiger partial charge in [-0.15, -0.1) is 5.10 Å². The molecule has 8 heteroatoms. The maximum atomic E-state index is 5.57. The van der Waals surface area contributed by atoms with Gasteiger partial charge >= 0.3 is 0 Å².